The van der Waals surface area contributed by atoms with Gasteiger partial charge < -0.3 is 10.6 Å². The molecule has 124 valence electrons. The van der Waals surface area contributed by atoms with Crippen LogP contribution in [0.2, 0.25) is 0 Å². The highest BCUT2D eigenvalue weighted by Crippen LogP contribution is 2.21. The number of rotatable bonds is 5. The number of carbonyl (C=O) groups is 1. The van der Waals surface area contributed by atoms with E-state index in [1.807, 2.05) is 37.3 Å². The molecule has 0 saturated heterocycles. The van der Waals surface area contributed by atoms with E-state index in [2.05, 4.69) is 31.1 Å². The SMILES string of the molecule is [2H]C([2H])([2H])C([2H])([2H])Nc1n[nH]c2cc(NC(=O)N[C@H](C)c3ccccc3)ncc12. The molecule has 0 aliphatic carbocycles. The van der Waals surface area contributed by atoms with Crippen LogP contribution in [-0.4, -0.2) is 27.7 Å². The van der Waals surface area contributed by atoms with Gasteiger partial charge >= 0.3 is 6.03 Å². The van der Waals surface area contributed by atoms with Crippen LogP contribution in [0.25, 0.3) is 10.9 Å². The number of H-pyrrole nitrogens is 1. The average Bonchev–Trinajstić information content (AvgIpc) is 3.03. The average molecular weight is 329 g/mol. The Morgan fingerprint density at radius 3 is 3.04 bits per heavy atom. The van der Waals surface area contributed by atoms with Crippen molar-refractivity contribution in [3.05, 3.63) is 48.2 Å². The third kappa shape index (κ3) is 3.45. The number of pyridine rings is 1. The quantitative estimate of drug-likeness (QED) is 0.578. The molecule has 3 rings (SSSR count). The van der Waals surface area contributed by atoms with Gasteiger partial charge in [0.15, 0.2) is 5.82 Å². The Kier molecular flexibility index (Phi) is 3.10. The number of carbonyl (C=O) groups excluding carboxylic acids is 1. The molecule has 0 bridgehead atoms. The smallest absolute Gasteiger partial charge is 0.320 e. The lowest BCUT2D eigenvalue weighted by Gasteiger charge is -2.14. The lowest BCUT2D eigenvalue weighted by Crippen LogP contribution is -2.31. The summed E-state index contributed by atoms with van der Waals surface area (Å²) in [5.41, 5.74) is 1.41. The third-order valence-corrected chi connectivity index (χ3v) is 3.52. The number of nitrogens with zero attached hydrogens (tertiary/aromatic N) is 2. The number of aromatic nitrogens is 3. The molecule has 1 atom stereocenters. The fourth-order valence-electron chi connectivity index (χ4n) is 2.31. The third-order valence-electron chi connectivity index (χ3n) is 3.52. The van der Waals surface area contributed by atoms with E-state index in [1.54, 1.807) is 0 Å². The molecule has 2 aromatic heterocycles. The summed E-state index contributed by atoms with van der Waals surface area (Å²) in [6.07, 6.45) is 1.37. The van der Waals surface area contributed by atoms with Crippen LogP contribution in [0.4, 0.5) is 16.4 Å². The van der Waals surface area contributed by atoms with Crippen molar-refractivity contribution in [3.8, 4) is 0 Å². The monoisotopic (exact) mass is 329 g/mol. The fourth-order valence-corrected chi connectivity index (χ4v) is 2.31. The molecule has 0 radical (unpaired) electrons. The molecule has 0 aliphatic heterocycles. The van der Waals surface area contributed by atoms with Gasteiger partial charge in [-0.25, -0.2) is 9.78 Å². The van der Waals surface area contributed by atoms with E-state index < -0.39 is 19.4 Å². The standard InChI is InChI=1S/C17H20N6O/c1-3-18-16-13-10-19-15(9-14(13)22-23-16)21-17(24)20-11(2)12-7-5-4-6-8-12/h4-11H,3H2,1-2H3,(H2,18,22,23)(H2,19,20,21,24)/t11-/m1/s1/i1D3,3D2. The van der Waals surface area contributed by atoms with E-state index >= 15 is 0 Å². The largest absolute Gasteiger partial charge is 0.368 e. The molecule has 4 N–H and O–H groups in total. The van der Waals surface area contributed by atoms with Crippen molar-refractivity contribution in [3.63, 3.8) is 0 Å². The summed E-state index contributed by atoms with van der Waals surface area (Å²) in [4.78, 5) is 16.3. The Balaban J connectivity index is 1.70. The molecule has 0 spiro atoms. The molecule has 0 fully saturated rings. The molecule has 7 heteroatoms. The first-order valence-corrected chi connectivity index (χ1v) is 7.31. The zero-order chi connectivity index (χ0) is 21.2. The summed E-state index contributed by atoms with van der Waals surface area (Å²) >= 11 is 0. The number of amides is 2. The summed E-state index contributed by atoms with van der Waals surface area (Å²) in [5, 5.41) is 14.7. The summed E-state index contributed by atoms with van der Waals surface area (Å²) in [7, 11) is 0. The zero-order valence-corrected chi connectivity index (χ0v) is 12.9. The van der Waals surface area contributed by atoms with Gasteiger partial charge in [0, 0.05) is 25.6 Å². The van der Waals surface area contributed by atoms with Crippen molar-refractivity contribution in [2.45, 2.75) is 19.8 Å². The summed E-state index contributed by atoms with van der Waals surface area (Å²) in [5.74, 6) is 0.270. The molecule has 0 saturated carbocycles. The number of nitrogens with one attached hydrogen (secondary N) is 4. The summed E-state index contributed by atoms with van der Waals surface area (Å²) in [6, 6.07) is 10.4. The van der Waals surface area contributed by atoms with Crippen LogP contribution in [0, 0.1) is 0 Å². The Bertz CT molecular complexity index is 1000. The minimum atomic E-state index is -2.87. The predicted octanol–water partition coefficient (Wildman–Crippen LogP) is 3.27. The van der Waals surface area contributed by atoms with Gasteiger partial charge in [0.1, 0.15) is 5.82 Å². The highest BCUT2D eigenvalue weighted by Gasteiger charge is 2.11. The fraction of sp³-hybridized carbons (Fsp3) is 0.235. The molecule has 0 unspecified atom stereocenters. The second-order valence-electron chi connectivity index (χ2n) is 5.17. The maximum Gasteiger partial charge on any atom is 0.320 e. The number of urea groups is 1. The van der Waals surface area contributed by atoms with Crippen LogP contribution in [0.15, 0.2) is 42.6 Å². The van der Waals surface area contributed by atoms with Gasteiger partial charge in [-0.1, -0.05) is 30.3 Å². The van der Waals surface area contributed by atoms with Gasteiger partial charge in [0.25, 0.3) is 0 Å². The maximum absolute atomic E-state index is 12.2. The van der Waals surface area contributed by atoms with E-state index in [4.69, 9.17) is 6.85 Å². The number of anilines is 2. The second kappa shape index (κ2) is 6.99. The van der Waals surface area contributed by atoms with Crippen LogP contribution >= 0.6 is 0 Å². The normalized spacial score (nSPS) is 16.1. The van der Waals surface area contributed by atoms with Crippen molar-refractivity contribution in [2.75, 3.05) is 17.1 Å². The minimum absolute atomic E-state index is 0.0160. The van der Waals surface area contributed by atoms with E-state index in [1.165, 1.54) is 12.3 Å². The summed E-state index contributed by atoms with van der Waals surface area (Å²) in [6.45, 7) is -3.68. The molecule has 7 nitrogen and oxygen atoms in total. The van der Waals surface area contributed by atoms with Crippen molar-refractivity contribution in [2.24, 2.45) is 0 Å². The van der Waals surface area contributed by atoms with Crippen LogP contribution in [0.1, 0.15) is 32.2 Å². The number of aromatic amines is 1. The van der Waals surface area contributed by atoms with Gasteiger partial charge in [-0.05, 0) is 19.3 Å². The van der Waals surface area contributed by atoms with Crippen molar-refractivity contribution in [1.29, 1.82) is 0 Å². The Morgan fingerprint density at radius 1 is 1.42 bits per heavy atom. The van der Waals surface area contributed by atoms with Crippen LogP contribution in [0.5, 0.6) is 0 Å². The molecular formula is C17H20N6O. The maximum atomic E-state index is 12.2. The van der Waals surface area contributed by atoms with Gasteiger partial charge in [-0.3, -0.25) is 10.4 Å². The van der Waals surface area contributed by atoms with Crippen molar-refractivity contribution in [1.82, 2.24) is 20.5 Å². The van der Waals surface area contributed by atoms with Gasteiger partial charge in [0.05, 0.1) is 16.9 Å². The topological polar surface area (TPSA) is 94.7 Å². The number of hydrogen-bond acceptors (Lipinski definition) is 4. The number of fused-ring (bicyclic) bond motifs is 1. The summed E-state index contributed by atoms with van der Waals surface area (Å²) < 4.78 is 37.1. The lowest BCUT2D eigenvalue weighted by molar-refractivity contribution is 0.249. The van der Waals surface area contributed by atoms with Gasteiger partial charge in [0.2, 0.25) is 0 Å². The van der Waals surface area contributed by atoms with E-state index in [9.17, 15) is 4.79 Å². The minimum Gasteiger partial charge on any atom is -0.368 e. The Labute approximate surface area is 146 Å². The van der Waals surface area contributed by atoms with E-state index in [0.717, 1.165) is 5.56 Å². The first-order chi connectivity index (χ1) is 13.6. The van der Waals surface area contributed by atoms with Gasteiger partial charge in [-0.15, -0.1) is 0 Å². The Morgan fingerprint density at radius 2 is 2.25 bits per heavy atom. The van der Waals surface area contributed by atoms with Crippen LogP contribution in [-0.2, 0) is 0 Å². The highest BCUT2D eigenvalue weighted by molar-refractivity contribution is 5.94. The number of benzene rings is 1. The Hall–Kier alpha value is -3.09. The zero-order valence-electron chi connectivity index (χ0n) is 17.9. The lowest BCUT2D eigenvalue weighted by atomic mass is 10.1. The molecule has 0 aliphatic rings. The molecule has 1 aromatic carbocycles. The molecule has 24 heavy (non-hydrogen) atoms. The number of hydrogen-bond donors (Lipinski definition) is 4. The van der Waals surface area contributed by atoms with Crippen LogP contribution in [0.3, 0.4) is 0 Å². The van der Waals surface area contributed by atoms with E-state index in [-0.39, 0.29) is 17.7 Å². The first-order valence-electron chi connectivity index (χ1n) is 9.81. The van der Waals surface area contributed by atoms with Crippen molar-refractivity contribution >= 4 is 28.6 Å². The predicted molar refractivity (Wildman–Crippen MR) is 95.1 cm³/mol. The first kappa shape index (κ1) is 10.6. The van der Waals surface area contributed by atoms with E-state index in [0.29, 0.717) is 10.9 Å². The van der Waals surface area contributed by atoms with Gasteiger partial charge in [-0.2, -0.15) is 5.10 Å². The second-order valence-corrected chi connectivity index (χ2v) is 5.17. The molecule has 3 aromatic rings. The highest BCUT2D eigenvalue weighted by atomic mass is 16.2. The molecular weight excluding hydrogens is 304 g/mol. The van der Waals surface area contributed by atoms with Crippen molar-refractivity contribution < 1.29 is 11.6 Å². The molecule has 2 heterocycles. The van der Waals surface area contributed by atoms with Crippen LogP contribution < -0.4 is 16.0 Å². The molecule has 2 amide bonds.